The van der Waals surface area contributed by atoms with Crippen molar-refractivity contribution < 1.29 is 25.0 Å². The van der Waals surface area contributed by atoms with E-state index in [-0.39, 0.29) is 60.1 Å². The summed E-state index contributed by atoms with van der Waals surface area (Å²) in [7, 11) is 0. The van der Waals surface area contributed by atoms with E-state index in [1.54, 1.807) is 24.3 Å². The highest BCUT2D eigenvalue weighted by atomic mass is 16.3. The molecule has 0 bridgehead atoms. The van der Waals surface area contributed by atoms with Crippen LogP contribution in [0.15, 0.2) is 210 Å². The lowest BCUT2D eigenvalue weighted by Crippen LogP contribution is -2.00. The minimum Gasteiger partial charge on any atom is -0.456 e. The molecular formula is C55H34N4O. The van der Waals surface area contributed by atoms with Crippen LogP contribution in [0, 0.1) is 0 Å². The summed E-state index contributed by atoms with van der Waals surface area (Å²) in [5, 5.41) is -1.32. The fourth-order valence-corrected chi connectivity index (χ4v) is 7.60. The molecule has 0 saturated carbocycles. The molecule has 12 rings (SSSR count). The van der Waals surface area contributed by atoms with E-state index >= 15 is 0 Å². The van der Waals surface area contributed by atoms with Crippen molar-refractivity contribution >= 4 is 54.5 Å². The third kappa shape index (κ3) is 5.67. The van der Waals surface area contributed by atoms with Gasteiger partial charge in [0.05, 0.1) is 31.6 Å². The number of hydrogen-bond acceptors (Lipinski definition) is 4. The van der Waals surface area contributed by atoms with Crippen molar-refractivity contribution in [2.75, 3.05) is 0 Å². The Balaban J connectivity index is 1.06. The monoisotopic (exact) mass is 781 g/mol. The van der Waals surface area contributed by atoms with Crippen LogP contribution in [-0.4, -0.2) is 19.5 Å². The number of rotatable bonds is 6. The van der Waals surface area contributed by atoms with E-state index in [1.807, 2.05) is 84.9 Å². The summed E-state index contributed by atoms with van der Waals surface area (Å²) in [5.74, 6) is 1.19. The average molecular weight is 782 g/mol. The third-order valence-corrected chi connectivity index (χ3v) is 10.5. The van der Waals surface area contributed by atoms with Gasteiger partial charge >= 0.3 is 0 Å². The zero-order valence-electron chi connectivity index (χ0n) is 46.2. The van der Waals surface area contributed by atoms with Gasteiger partial charge in [-0.3, -0.25) is 0 Å². The molecule has 0 aliphatic heterocycles. The van der Waals surface area contributed by atoms with E-state index < -0.39 is 96.3 Å². The van der Waals surface area contributed by atoms with Gasteiger partial charge in [-0.1, -0.05) is 164 Å². The number of para-hydroxylation sites is 1. The van der Waals surface area contributed by atoms with E-state index in [1.165, 1.54) is 0 Å². The standard InChI is InChI=1S/C55H34N4O/c1-3-12-35(13-4-1)36-22-26-39(27-23-36)54-56-53(38-14-5-2-6-15-38)57-55(58-54)40-28-24-37(25-29-40)44-19-11-21-50-52(44)46-31-30-43(34-51(46)60-50)59-48-20-10-9-18-45(48)47-32-41-16-7-8-17-42(41)33-49(47)59/h1-34H/i7D,8D,9D,11D,16D,17D,18D,19D,20D,21D,30D,31D,32D,33D,34D. The summed E-state index contributed by atoms with van der Waals surface area (Å²) in [4.78, 5) is 14.6. The maximum Gasteiger partial charge on any atom is 0.164 e. The van der Waals surface area contributed by atoms with Gasteiger partial charge in [0.1, 0.15) is 11.2 Å². The Bertz CT molecular complexity index is 4450. The zero-order chi connectivity index (χ0) is 52.6. The van der Waals surface area contributed by atoms with Crippen molar-refractivity contribution in [2.24, 2.45) is 0 Å². The summed E-state index contributed by atoms with van der Waals surface area (Å²) in [6, 6.07) is 26.8. The summed E-state index contributed by atoms with van der Waals surface area (Å²) in [6.45, 7) is 0. The molecule has 0 amide bonds. The summed E-state index contributed by atoms with van der Waals surface area (Å²) in [5.41, 5.74) is 2.95. The molecule has 280 valence electrons. The van der Waals surface area contributed by atoms with Gasteiger partial charge in [0.25, 0.3) is 0 Å². The third-order valence-electron chi connectivity index (χ3n) is 10.5. The molecule has 0 atom stereocenters. The second-order valence-corrected chi connectivity index (χ2v) is 14.0. The fraction of sp³-hybridized carbons (Fsp3) is 0. The lowest BCUT2D eigenvalue weighted by Gasteiger charge is -2.10. The second kappa shape index (κ2) is 13.8. The normalized spacial score (nSPS) is 15.2. The topological polar surface area (TPSA) is 56.7 Å². The molecule has 0 aliphatic carbocycles. The van der Waals surface area contributed by atoms with E-state index in [2.05, 4.69) is 0 Å². The van der Waals surface area contributed by atoms with Crippen LogP contribution in [0.3, 0.4) is 0 Å². The molecule has 0 radical (unpaired) electrons. The number of fused-ring (bicyclic) bond motifs is 7. The van der Waals surface area contributed by atoms with Crippen molar-refractivity contribution in [3.8, 4) is 62.1 Å². The van der Waals surface area contributed by atoms with E-state index in [4.69, 9.17) is 31.7 Å². The zero-order valence-corrected chi connectivity index (χ0v) is 31.2. The minimum atomic E-state index is -0.685. The first-order chi connectivity index (χ1) is 36.0. The van der Waals surface area contributed by atoms with Crippen LogP contribution in [0.4, 0.5) is 0 Å². The smallest absolute Gasteiger partial charge is 0.164 e. The first-order valence-electron chi connectivity index (χ1n) is 26.5. The number of furan rings is 1. The van der Waals surface area contributed by atoms with Gasteiger partial charge < -0.3 is 8.98 Å². The highest BCUT2D eigenvalue weighted by Crippen LogP contribution is 2.40. The highest BCUT2D eigenvalue weighted by Gasteiger charge is 2.18. The highest BCUT2D eigenvalue weighted by molar-refractivity contribution is 6.15. The lowest BCUT2D eigenvalue weighted by atomic mass is 9.98. The Morgan fingerprint density at radius 2 is 1.00 bits per heavy atom. The van der Waals surface area contributed by atoms with Crippen LogP contribution in [0.5, 0.6) is 0 Å². The van der Waals surface area contributed by atoms with Crippen molar-refractivity contribution in [3.63, 3.8) is 0 Å². The van der Waals surface area contributed by atoms with Gasteiger partial charge in [-0.15, -0.1) is 0 Å². The van der Waals surface area contributed by atoms with Gasteiger partial charge in [-0.2, -0.15) is 0 Å². The fourth-order valence-electron chi connectivity index (χ4n) is 7.60. The Hall–Kier alpha value is -8.15. The molecule has 3 aromatic heterocycles. The molecule has 0 unspecified atom stereocenters. The van der Waals surface area contributed by atoms with Gasteiger partial charge in [0.15, 0.2) is 17.5 Å². The van der Waals surface area contributed by atoms with Gasteiger partial charge in [0.2, 0.25) is 0 Å². The predicted octanol–water partition coefficient (Wildman–Crippen LogP) is 14.4. The van der Waals surface area contributed by atoms with E-state index in [0.717, 1.165) is 32.9 Å². The van der Waals surface area contributed by atoms with Crippen molar-refractivity contribution in [3.05, 3.63) is 206 Å². The molecule has 0 aliphatic rings. The van der Waals surface area contributed by atoms with Crippen molar-refractivity contribution in [1.82, 2.24) is 19.5 Å². The summed E-state index contributed by atoms with van der Waals surface area (Å²) >= 11 is 0. The Morgan fingerprint density at radius 3 is 1.70 bits per heavy atom. The molecule has 3 heterocycles. The van der Waals surface area contributed by atoms with E-state index in [9.17, 15) is 8.22 Å². The first kappa shape index (κ1) is 22.1. The minimum absolute atomic E-state index is 0.00220. The SMILES string of the molecule is [2H]c1cc([2H])c2c(c1[2H])c1c([2H])c3c([2H])c([2H])c([2H])c([2H])c3c([2H])c1n2-c1c([2H])c([2H])c2c(oc3c([2H])c([2H])c([2H])c(-c4ccc(-c5nc(-c6ccccc6)nc(-c6ccc(-c7ccccc7)cc6)n5)cc4)c32)c1[2H]. The first-order valence-corrected chi connectivity index (χ1v) is 19.0. The van der Waals surface area contributed by atoms with Crippen LogP contribution in [0.25, 0.3) is 117 Å². The van der Waals surface area contributed by atoms with Crippen molar-refractivity contribution in [2.45, 2.75) is 0 Å². The molecule has 9 aromatic carbocycles. The van der Waals surface area contributed by atoms with Gasteiger partial charge in [-0.25, -0.2) is 15.0 Å². The van der Waals surface area contributed by atoms with Crippen LogP contribution in [0.1, 0.15) is 20.6 Å². The number of nitrogens with zero attached hydrogens (tertiary/aromatic N) is 4. The maximum atomic E-state index is 9.75. The number of hydrogen-bond donors (Lipinski definition) is 0. The summed E-state index contributed by atoms with van der Waals surface area (Å²) in [6.07, 6.45) is 0. The Kier molecular flexibility index (Phi) is 5.07. The van der Waals surface area contributed by atoms with Gasteiger partial charge in [0, 0.05) is 50.0 Å². The van der Waals surface area contributed by atoms with Crippen LogP contribution >= 0.6 is 0 Å². The van der Waals surface area contributed by atoms with Gasteiger partial charge in [-0.05, 0) is 69.3 Å². The Labute approximate surface area is 366 Å². The maximum absolute atomic E-state index is 9.75. The lowest BCUT2D eigenvalue weighted by molar-refractivity contribution is 0.668. The number of aromatic nitrogens is 4. The number of benzene rings is 9. The molecule has 0 N–H and O–H groups in total. The molecule has 5 nitrogen and oxygen atoms in total. The molecule has 60 heavy (non-hydrogen) atoms. The Morgan fingerprint density at radius 1 is 0.400 bits per heavy atom. The van der Waals surface area contributed by atoms with Crippen LogP contribution < -0.4 is 0 Å². The van der Waals surface area contributed by atoms with Crippen LogP contribution in [0.2, 0.25) is 0 Å². The van der Waals surface area contributed by atoms with Crippen LogP contribution in [-0.2, 0) is 0 Å². The summed E-state index contributed by atoms with van der Waals surface area (Å²) < 4.78 is 143. The molecule has 0 spiro atoms. The molecule has 5 heteroatoms. The second-order valence-electron chi connectivity index (χ2n) is 14.0. The molecule has 12 aromatic rings. The predicted molar refractivity (Wildman–Crippen MR) is 246 cm³/mol. The molecule has 0 fully saturated rings. The average Bonchev–Trinajstić information content (AvgIpc) is 4.05. The molecule has 0 saturated heterocycles. The largest absolute Gasteiger partial charge is 0.456 e. The van der Waals surface area contributed by atoms with Crippen molar-refractivity contribution in [1.29, 1.82) is 0 Å². The molecular weight excluding hydrogens is 733 g/mol. The van der Waals surface area contributed by atoms with E-state index in [0.29, 0.717) is 28.6 Å². The quantitative estimate of drug-likeness (QED) is 0.169.